The molecule has 1 aliphatic heterocycles. The van der Waals surface area contributed by atoms with E-state index in [9.17, 15) is 16.8 Å². The molecule has 0 saturated carbocycles. The summed E-state index contributed by atoms with van der Waals surface area (Å²) in [6.07, 6.45) is 0.517. The maximum atomic E-state index is 11.3. The molecule has 2 N–H and O–H groups in total. The normalized spacial score (nSPS) is 22.6. The van der Waals surface area contributed by atoms with Crippen molar-refractivity contribution in [3.63, 3.8) is 0 Å². The van der Waals surface area contributed by atoms with Crippen molar-refractivity contribution >= 4 is 20.2 Å². The van der Waals surface area contributed by atoms with Gasteiger partial charge in [-0.25, -0.2) is 0 Å². The zero-order valence-corrected chi connectivity index (χ0v) is 13.3. The molecule has 2 atom stereocenters. The molecule has 0 aromatic carbocycles. The lowest BCUT2D eigenvalue weighted by Gasteiger charge is -2.39. The van der Waals surface area contributed by atoms with E-state index in [2.05, 4.69) is 0 Å². The van der Waals surface area contributed by atoms with Crippen LogP contribution < -0.4 is 0 Å². The molecule has 8 nitrogen and oxygen atoms in total. The zero-order chi connectivity index (χ0) is 15.6. The summed E-state index contributed by atoms with van der Waals surface area (Å²) in [5.74, 6) is 0. The van der Waals surface area contributed by atoms with Gasteiger partial charge in [0.25, 0.3) is 20.2 Å². The van der Waals surface area contributed by atoms with Crippen LogP contribution in [0.1, 0.15) is 26.7 Å². The Morgan fingerprint density at radius 2 is 1.05 bits per heavy atom. The third kappa shape index (κ3) is 4.37. The van der Waals surface area contributed by atoms with Gasteiger partial charge < -0.3 is 0 Å². The average molecular weight is 330 g/mol. The molecule has 0 radical (unpaired) electrons. The molecule has 0 spiro atoms. The number of nitrogens with zero attached hydrogens (tertiary/aromatic N) is 2. The second-order valence-corrected chi connectivity index (χ2v) is 7.98. The number of hydrogen-bond donors (Lipinski definition) is 2. The Morgan fingerprint density at radius 3 is 1.20 bits per heavy atom. The van der Waals surface area contributed by atoms with Gasteiger partial charge >= 0.3 is 0 Å². The predicted octanol–water partition coefficient (Wildman–Crippen LogP) is -0.148. The Kier molecular flexibility index (Phi) is 5.93. The van der Waals surface area contributed by atoms with E-state index in [-0.39, 0.29) is 12.8 Å². The lowest BCUT2D eigenvalue weighted by atomic mass is 10.2. The molecular formula is C10H22N2O6S2. The summed E-state index contributed by atoms with van der Waals surface area (Å²) in [6.45, 7) is 4.62. The highest BCUT2D eigenvalue weighted by Gasteiger charge is 2.35. The maximum Gasteiger partial charge on any atom is 0.281 e. The van der Waals surface area contributed by atoms with Crippen LogP contribution in [0.15, 0.2) is 0 Å². The van der Waals surface area contributed by atoms with Crippen LogP contribution in [0.4, 0.5) is 0 Å². The van der Waals surface area contributed by atoms with Gasteiger partial charge in [0.15, 0.2) is 0 Å². The Morgan fingerprint density at radius 1 is 0.800 bits per heavy atom. The summed E-state index contributed by atoms with van der Waals surface area (Å²) in [4.78, 5) is 3.23. The molecule has 20 heavy (non-hydrogen) atoms. The van der Waals surface area contributed by atoms with Gasteiger partial charge in [-0.1, -0.05) is 13.8 Å². The number of rotatable bonds is 6. The molecule has 1 saturated heterocycles. The van der Waals surface area contributed by atoms with Crippen LogP contribution in [0.5, 0.6) is 0 Å². The largest absolute Gasteiger partial charge is 0.284 e. The van der Waals surface area contributed by atoms with E-state index in [0.29, 0.717) is 26.2 Å². The highest BCUT2D eigenvalue weighted by atomic mass is 32.2. The minimum absolute atomic E-state index is 0.258. The topological polar surface area (TPSA) is 115 Å². The molecule has 0 bridgehead atoms. The van der Waals surface area contributed by atoms with Crippen LogP contribution in [0.3, 0.4) is 0 Å². The first-order valence-corrected chi connectivity index (χ1v) is 9.52. The van der Waals surface area contributed by atoms with Crippen molar-refractivity contribution in [3.8, 4) is 0 Å². The van der Waals surface area contributed by atoms with Gasteiger partial charge in [0.2, 0.25) is 0 Å². The average Bonchev–Trinajstić information content (AvgIpc) is 2.29. The molecule has 0 aromatic rings. The Labute approximate surface area is 120 Å². The summed E-state index contributed by atoms with van der Waals surface area (Å²) in [7, 11) is -8.29. The molecule has 10 heteroatoms. The SMILES string of the molecule is CCC(N1CCN(C(CC)S(=O)(=O)O)CC1)S(=O)(=O)O. The molecule has 0 aromatic heterocycles. The molecule has 0 aliphatic carbocycles. The van der Waals surface area contributed by atoms with E-state index in [1.165, 1.54) is 0 Å². The first-order valence-electron chi connectivity index (χ1n) is 6.52. The van der Waals surface area contributed by atoms with E-state index >= 15 is 0 Å². The Balaban J connectivity index is 2.73. The quantitative estimate of drug-likeness (QED) is 0.646. The monoisotopic (exact) mass is 330 g/mol. The summed E-state index contributed by atoms with van der Waals surface area (Å²) in [6, 6.07) is 0. The van der Waals surface area contributed by atoms with Crippen LogP contribution in [0, 0.1) is 0 Å². The van der Waals surface area contributed by atoms with Crippen LogP contribution >= 0.6 is 0 Å². The van der Waals surface area contributed by atoms with Crippen LogP contribution in [-0.4, -0.2) is 72.7 Å². The van der Waals surface area contributed by atoms with Crippen molar-refractivity contribution < 1.29 is 25.9 Å². The molecule has 120 valence electrons. The van der Waals surface area contributed by atoms with Gasteiger partial charge in [-0.05, 0) is 12.8 Å². The van der Waals surface area contributed by atoms with Gasteiger partial charge in [0.05, 0.1) is 0 Å². The molecule has 2 unspecified atom stereocenters. The minimum atomic E-state index is -4.15. The summed E-state index contributed by atoms with van der Waals surface area (Å²) in [5.41, 5.74) is 0. The van der Waals surface area contributed by atoms with Crippen molar-refractivity contribution in [1.82, 2.24) is 9.80 Å². The first kappa shape index (κ1) is 17.8. The molecule has 1 heterocycles. The zero-order valence-electron chi connectivity index (χ0n) is 11.6. The second kappa shape index (κ2) is 6.67. The number of hydrogen-bond acceptors (Lipinski definition) is 6. The Hall–Kier alpha value is -0.260. The third-order valence-corrected chi connectivity index (χ3v) is 6.19. The summed E-state index contributed by atoms with van der Waals surface area (Å²) in [5, 5.41) is -1.93. The lowest BCUT2D eigenvalue weighted by Crippen LogP contribution is -2.55. The fraction of sp³-hybridized carbons (Fsp3) is 1.00. The van der Waals surface area contributed by atoms with Crippen LogP contribution in [-0.2, 0) is 20.2 Å². The van der Waals surface area contributed by atoms with E-state index in [1.54, 1.807) is 23.6 Å². The van der Waals surface area contributed by atoms with Gasteiger partial charge in [0.1, 0.15) is 10.7 Å². The van der Waals surface area contributed by atoms with Crippen LogP contribution in [0.2, 0.25) is 0 Å². The summed E-state index contributed by atoms with van der Waals surface area (Å²) >= 11 is 0. The summed E-state index contributed by atoms with van der Waals surface area (Å²) < 4.78 is 63.4. The fourth-order valence-corrected chi connectivity index (χ4v) is 4.65. The van der Waals surface area contributed by atoms with Gasteiger partial charge in [-0.15, -0.1) is 0 Å². The van der Waals surface area contributed by atoms with Gasteiger partial charge in [0, 0.05) is 26.2 Å². The molecule has 1 rings (SSSR count). The standard InChI is InChI=1S/C10H22N2O6S2/c1-3-9(19(13,14)15)11-5-7-12(8-6-11)10(4-2)20(16,17)18/h9-10H,3-8H2,1-2H3,(H,13,14,15)(H,16,17,18). The highest BCUT2D eigenvalue weighted by Crippen LogP contribution is 2.18. The van der Waals surface area contributed by atoms with Crippen molar-refractivity contribution in [1.29, 1.82) is 0 Å². The van der Waals surface area contributed by atoms with Gasteiger partial charge in [-0.2, -0.15) is 16.8 Å². The fourth-order valence-electron chi connectivity index (χ4n) is 2.63. The van der Waals surface area contributed by atoms with Crippen molar-refractivity contribution in [2.75, 3.05) is 26.2 Å². The first-order chi connectivity index (χ1) is 9.11. The molecule has 1 aliphatic rings. The smallest absolute Gasteiger partial charge is 0.281 e. The van der Waals surface area contributed by atoms with E-state index in [1.807, 2.05) is 0 Å². The number of piperazine rings is 1. The predicted molar refractivity (Wildman–Crippen MR) is 74.4 cm³/mol. The second-order valence-electron chi connectivity index (χ2n) is 4.83. The maximum absolute atomic E-state index is 11.3. The molecule has 1 fully saturated rings. The lowest BCUT2D eigenvalue weighted by molar-refractivity contribution is 0.103. The minimum Gasteiger partial charge on any atom is -0.284 e. The third-order valence-electron chi connectivity index (χ3n) is 3.55. The van der Waals surface area contributed by atoms with E-state index in [0.717, 1.165) is 0 Å². The van der Waals surface area contributed by atoms with Crippen LogP contribution in [0.25, 0.3) is 0 Å². The van der Waals surface area contributed by atoms with Crippen molar-refractivity contribution in [3.05, 3.63) is 0 Å². The van der Waals surface area contributed by atoms with Crippen molar-refractivity contribution in [2.24, 2.45) is 0 Å². The van der Waals surface area contributed by atoms with E-state index in [4.69, 9.17) is 9.11 Å². The van der Waals surface area contributed by atoms with Crippen molar-refractivity contribution in [2.45, 2.75) is 37.4 Å². The highest BCUT2D eigenvalue weighted by molar-refractivity contribution is 7.86. The van der Waals surface area contributed by atoms with E-state index < -0.39 is 31.0 Å². The Bertz CT molecular complexity index is 462. The molecular weight excluding hydrogens is 308 g/mol. The molecule has 0 amide bonds. The van der Waals surface area contributed by atoms with Gasteiger partial charge in [-0.3, -0.25) is 18.9 Å².